The van der Waals surface area contributed by atoms with Gasteiger partial charge in [-0.25, -0.2) is 10.8 Å². The number of nitrogens with two attached hydrogens (primary N) is 1. The molecule has 6 nitrogen and oxygen atoms in total. The summed E-state index contributed by atoms with van der Waals surface area (Å²) >= 11 is 6.05. The fourth-order valence-electron chi connectivity index (χ4n) is 2.23. The Labute approximate surface area is 111 Å². The van der Waals surface area contributed by atoms with Crippen molar-refractivity contribution in [3.63, 3.8) is 0 Å². The van der Waals surface area contributed by atoms with Gasteiger partial charge in [0, 0.05) is 18.6 Å². The van der Waals surface area contributed by atoms with E-state index in [9.17, 15) is 0 Å². The van der Waals surface area contributed by atoms with Crippen LogP contribution in [0, 0.1) is 5.41 Å². The normalized spacial score (nSPS) is 25.4. The highest BCUT2D eigenvalue weighted by molar-refractivity contribution is 6.32. The first-order valence-corrected chi connectivity index (χ1v) is 6.15. The summed E-state index contributed by atoms with van der Waals surface area (Å²) in [6.07, 6.45) is 2.70. The van der Waals surface area contributed by atoms with Gasteiger partial charge < -0.3 is 10.1 Å². The van der Waals surface area contributed by atoms with E-state index in [2.05, 4.69) is 34.6 Å². The van der Waals surface area contributed by atoms with Crippen LogP contribution in [0.1, 0.15) is 20.3 Å². The molecule has 0 amide bonds. The first-order valence-electron chi connectivity index (χ1n) is 5.77. The number of hydrazine groups is 1. The lowest BCUT2D eigenvalue weighted by Crippen LogP contribution is -2.57. The smallest absolute Gasteiger partial charge is 0.239 e. The molecule has 1 heterocycles. The molecule has 0 aliphatic heterocycles. The second-order valence-electron chi connectivity index (χ2n) is 5.01. The number of methoxy groups -OCH3 is 1. The zero-order valence-electron chi connectivity index (χ0n) is 10.7. The molecule has 7 heteroatoms. The van der Waals surface area contributed by atoms with Gasteiger partial charge in [0.05, 0.1) is 12.3 Å². The Bertz CT molecular complexity index is 439. The number of nitrogens with one attached hydrogen (secondary N) is 2. The van der Waals surface area contributed by atoms with Crippen LogP contribution in [0.2, 0.25) is 5.02 Å². The van der Waals surface area contributed by atoms with E-state index >= 15 is 0 Å². The molecule has 0 radical (unpaired) electrons. The maximum atomic E-state index is 6.05. The molecule has 1 saturated carbocycles. The molecule has 100 valence electrons. The third kappa shape index (κ3) is 2.23. The summed E-state index contributed by atoms with van der Waals surface area (Å²) in [7, 11) is 1.73. The van der Waals surface area contributed by atoms with Crippen molar-refractivity contribution in [1.29, 1.82) is 0 Å². The topological polar surface area (TPSA) is 85.1 Å². The average molecular weight is 272 g/mol. The summed E-state index contributed by atoms with van der Waals surface area (Å²) in [5.41, 5.74) is 2.44. The van der Waals surface area contributed by atoms with Crippen LogP contribution in [-0.2, 0) is 4.74 Å². The number of hydrogen-bond acceptors (Lipinski definition) is 6. The number of halogens is 1. The third-order valence-corrected chi connectivity index (χ3v) is 3.92. The van der Waals surface area contributed by atoms with Crippen molar-refractivity contribution in [3.8, 4) is 0 Å². The van der Waals surface area contributed by atoms with E-state index in [1.807, 2.05) is 0 Å². The van der Waals surface area contributed by atoms with E-state index in [0.29, 0.717) is 16.8 Å². The van der Waals surface area contributed by atoms with Gasteiger partial charge in [-0.05, 0) is 6.42 Å². The van der Waals surface area contributed by atoms with Crippen molar-refractivity contribution in [2.24, 2.45) is 11.3 Å². The predicted molar refractivity (Wildman–Crippen MR) is 71.5 cm³/mol. The van der Waals surface area contributed by atoms with Crippen LogP contribution in [-0.4, -0.2) is 29.2 Å². The number of anilines is 2. The molecule has 2 atom stereocenters. The molecule has 1 fully saturated rings. The van der Waals surface area contributed by atoms with Gasteiger partial charge in [0.2, 0.25) is 5.95 Å². The number of nitrogens with zero attached hydrogens (tertiary/aromatic N) is 2. The van der Waals surface area contributed by atoms with Crippen molar-refractivity contribution in [2.45, 2.75) is 32.4 Å². The highest BCUT2D eigenvalue weighted by atomic mass is 35.5. The zero-order valence-corrected chi connectivity index (χ0v) is 11.5. The number of hydrogen-bond donors (Lipinski definition) is 3. The van der Waals surface area contributed by atoms with E-state index in [-0.39, 0.29) is 17.6 Å². The molecular weight excluding hydrogens is 254 g/mol. The molecule has 0 aromatic carbocycles. The number of aromatic nitrogens is 2. The molecule has 2 unspecified atom stereocenters. The maximum absolute atomic E-state index is 6.05. The molecule has 1 aromatic heterocycles. The lowest BCUT2D eigenvalue weighted by Gasteiger charge is -2.51. The summed E-state index contributed by atoms with van der Waals surface area (Å²) < 4.78 is 5.41. The first-order chi connectivity index (χ1) is 8.48. The Kier molecular flexibility index (Phi) is 3.61. The number of nitrogen functional groups attached to an aromatic ring is 1. The Morgan fingerprint density at radius 1 is 1.56 bits per heavy atom. The van der Waals surface area contributed by atoms with Crippen molar-refractivity contribution >= 4 is 23.4 Å². The van der Waals surface area contributed by atoms with Crippen molar-refractivity contribution in [3.05, 3.63) is 11.2 Å². The van der Waals surface area contributed by atoms with E-state index in [4.69, 9.17) is 22.2 Å². The van der Waals surface area contributed by atoms with E-state index in [0.717, 1.165) is 6.42 Å². The third-order valence-electron chi connectivity index (χ3n) is 3.65. The number of rotatable bonds is 4. The zero-order chi connectivity index (χ0) is 13.3. The molecule has 1 aromatic rings. The van der Waals surface area contributed by atoms with Gasteiger partial charge in [0.1, 0.15) is 5.02 Å². The Hall–Kier alpha value is -1.11. The van der Waals surface area contributed by atoms with Gasteiger partial charge in [-0.2, -0.15) is 4.98 Å². The van der Waals surface area contributed by atoms with Crippen LogP contribution < -0.4 is 16.6 Å². The lowest BCUT2D eigenvalue weighted by molar-refractivity contribution is -0.0795. The van der Waals surface area contributed by atoms with Crippen LogP contribution in [0.15, 0.2) is 6.20 Å². The quantitative estimate of drug-likeness (QED) is 0.570. The van der Waals surface area contributed by atoms with Crippen LogP contribution in [0.5, 0.6) is 0 Å². The van der Waals surface area contributed by atoms with Crippen molar-refractivity contribution in [1.82, 2.24) is 9.97 Å². The summed E-state index contributed by atoms with van der Waals surface area (Å²) in [5, 5.41) is 3.79. The molecule has 18 heavy (non-hydrogen) atoms. The van der Waals surface area contributed by atoms with Crippen LogP contribution >= 0.6 is 11.6 Å². The molecule has 0 spiro atoms. The Morgan fingerprint density at radius 2 is 2.28 bits per heavy atom. The van der Waals surface area contributed by atoms with E-state index in [1.165, 1.54) is 6.20 Å². The minimum absolute atomic E-state index is 0.0410. The SMILES string of the molecule is COC1CC(Nc2nc(NN)ncc2Cl)C1(C)C. The molecule has 1 aliphatic carbocycles. The summed E-state index contributed by atoms with van der Waals surface area (Å²) in [6.45, 7) is 4.30. The highest BCUT2D eigenvalue weighted by Gasteiger charge is 2.48. The summed E-state index contributed by atoms with van der Waals surface area (Å²) in [5.74, 6) is 6.20. The highest BCUT2D eigenvalue weighted by Crippen LogP contribution is 2.44. The molecule has 0 saturated heterocycles. The van der Waals surface area contributed by atoms with Gasteiger partial charge >= 0.3 is 0 Å². The fourth-order valence-corrected chi connectivity index (χ4v) is 2.38. The molecule has 1 aliphatic rings. The average Bonchev–Trinajstić information content (AvgIpc) is 2.35. The van der Waals surface area contributed by atoms with E-state index in [1.54, 1.807) is 7.11 Å². The largest absolute Gasteiger partial charge is 0.381 e. The lowest BCUT2D eigenvalue weighted by atomic mass is 9.64. The summed E-state index contributed by atoms with van der Waals surface area (Å²) in [6, 6.07) is 0.264. The standard InChI is InChI=1S/C11H18ClN5O/c1-11(2)7(4-8(11)18-3)15-9-6(12)5-14-10(16-9)17-13/h5,7-8H,4,13H2,1-3H3,(H2,14,15,16,17). The van der Waals surface area contributed by atoms with Gasteiger partial charge in [-0.1, -0.05) is 25.4 Å². The van der Waals surface area contributed by atoms with Crippen LogP contribution in [0.3, 0.4) is 0 Å². The Morgan fingerprint density at radius 3 is 2.83 bits per heavy atom. The van der Waals surface area contributed by atoms with E-state index < -0.39 is 0 Å². The second kappa shape index (κ2) is 4.87. The van der Waals surface area contributed by atoms with Crippen molar-refractivity contribution < 1.29 is 4.74 Å². The monoisotopic (exact) mass is 271 g/mol. The van der Waals surface area contributed by atoms with Gasteiger partial charge in [0.15, 0.2) is 5.82 Å². The molecule has 4 N–H and O–H groups in total. The molecule has 0 bridgehead atoms. The van der Waals surface area contributed by atoms with Crippen molar-refractivity contribution in [2.75, 3.05) is 17.9 Å². The van der Waals surface area contributed by atoms with Gasteiger partial charge in [0.25, 0.3) is 0 Å². The van der Waals surface area contributed by atoms with Crippen LogP contribution in [0.4, 0.5) is 11.8 Å². The molecular formula is C11H18ClN5O. The first kappa shape index (κ1) is 13.3. The minimum Gasteiger partial charge on any atom is -0.381 e. The fraction of sp³-hybridized carbons (Fsp3) is 0.636. The maximum Gasteiger partial charge on any atom is 0.239 e. The summed E-state index contributed by atoms with van der Waals surface area (Å²) in [4.78, 5) is 8.13. The number of ether oxygens (including phenoxy) is 1. The van der Waals surface area contributed by atoms with Gasteiger partial charge in [-0.15, -0.1) is 0 Å². The van der Waals surface area contributed by atoms with Gasteiger partial charge in [-0.3, -0.25) is 5.43 Å². The van der Waals surface area contributed by atoms with Crippen LogP contribution in [0.25, 0.3) is 0 Å². The predicted octanol–water partition coefficient (Wildman–Crippen LogP) is 1.64. The Balaban J connectivity index is 2.11. The molecule has 2 rings (SSSR count). The minimum atomic E-state index is 0.0410. The second-order valence-corrected chi connectivity index (χ2v) is 5.42.